The van der Waals surface area contributed by atoms with Crippen molar-refractivity contribution in [2.75, 3.05) is 25.0 Å². The van der Waals surface area contributed by atoms with Crippen molar-refractivity contribution in [1.82, 2.24) is 4.90 Å². The van der Waals surface area contributed by atoms with Crippen LogP contribution in [0.2, 0.25) is 0 Å². The minimum absolute atomic E-state index is 0.0321. The molecule has 20 heavy (non-hydrogen) atoms. The predicted molar refractivity (Wildman–Crippen MR) is 74.2 cm³/mol. The summed E-state index contributed by atoms with van der Waals surface area (Å²) >= 11 is 0. The standard InChI is InChI=1S/C13H16N4O3/c1-3-16(4-2)12(18)9-15-11-7-5-6-10(8-14)13(11)17(19)20/h5-7,15H,3-4,9H2,1-2H3. The average Bonchev–Trinajstić information content (AvgIpc) is 2.45. The Morgan fingerprint density at radius 2 is 2.10 bits per heavy atom. The molecule has 7 heteroatoms. The first-order valence-electron chi connectivity index (χ1n) is 6.24. The molecular weight excluding hydrogens is 260 g/mol. The van der Waals surface area contributed by atoms with Crippen LogP contribution in [0.5, 0.6) is 0 Å². The van der Waals surface area contributed by atoms with E-state index in [-0.39, 0.29) is 29.4 Å². The second-order valence-electron chi connectivity index (χ2n) is 3.99. The summed E-state index contributed by atoms with van der Waals surface area (Å²) in [6.45, 7) is 4.84. The normalized spacial score (nSPS) is 9.65. The van der Waals surface area contributed by atoms with Gasteiger partial charge in [-0.2, -0.15) is 5.26 Å². The van der Waals surface area contributed by atoms with E-state index in [1.165, 1.54) is 18.2 Å². The maximum absolute atomic E-state index is 11.8. The number of hydrogen-bond acceptors (Lipinski definition) is 5. The number of amides is 1. The van der Waals surface area contributed by atoms with Crippen LogP contribution in [-0.2, 0) is 4.79 Å². The van der Waals surface area contributed by atoms with E-state index in [4.69, 9.17) is 5.26 Å². The van der Waals surface area contributed by atoms with Gasteiger partial charge in [-0.25, -0.2) is 0 Å². The third-order valence-corrected chi connectivity index (χ3v) is 2.89. The summed E-state index contributed by atoms with van der Waals surface area (Å²) in [6.07, 6.45) is 0. The predicted octanol–water partition coefficient (Wildman–Crippen LogP) is 1.75. The van der Waals surface area contributed by atoms with Gasteiger partial charge in [-0.15, -0.1) is 0 Å². The maximum Gasteiger partial charge on any atom is 0.309 e. The first kappa shape index (κ1) is 15.4. The molecule has 0 saturated carbocycles. The number of likely N-dealkylation sites (N-methyl/N-ethyl adjacent to an activating group) is 1. The Morgan fingerprint density at radius 3 is 2.60 bits per heavy atom. The van der Waals surface area contributed by atoms with Crippen LogP contribution in [0.15, 0.2) is 18.2 Å². The lowest BCUT2D eigenvalue weighted by Gasteiger charge is -2.19. The number of anilines is 1. The molecule has 0 bridgehead atoms. The Kier molecular flexibility index (Phi) is 5.47. The number of hydrogen-bond donors (Lipinski definition) is 1. The summed E-state index contributed by atoms with van der Waals surface area (Å²) in [5.41, 5.74) is -0.160. The largest absolute Gasteiger partial charge is 0.371 e. The van der Waals surface area contributed by atoms with Gasteiger partial charge in [0.1, 0.15) is 17.3 Å². The number of carbonyl (C=O) groups excluding carboxylic acids is 1. The van der Waals surface area contributed by atoms with Crippen molar-refractivity contribution in [2.24, 2.45) is 0 Å². The Hall–Kier alpha value is -2.62. The third-order valence-electron chi connectivity index (χ3n) is 2.89. The number of nitro benzene ring substituents is 1. The lowest BCUT2D eigenvalue weighted by atomic mass is 10.1. The van der Waals surface area contributed by atoms with E-state index < -0.39 is 4.92 Å². The summed E-state index contributed by atoms with van der Waals surface area (Å²) in [7, 11) is 0. The quantitative estimate of drug-likeness (QED) is 0.630. The lowest BCUT2D eigenvalue weighted by molar-refractivity contribution is -0.384. The molecule has 0 aliphatic carbocycles. The Labute approximate surface area is 117 Å². The van der Waals surface area contributed by atoms with Gasteiger partial charge in [0.15, 0.2) is 0 Å². The minimum atomic E-state index is -0.622. The van der Waals surface area contributed by atoms with Gasteiger partial charge in [-0.3, -0.25) is 14.9 Å². The SMILES string of the molecule is CCN(CC)C(=O)CNc1cccc(C#N)c1[N+](=O)[O-]. The van der Waals surface area contributed by atoms with Gasteiger partial charge in [0.2, 0.25) is 5.91 Å². The second-order valence-corrected chi connectivity index (χ2v) is 3.99. The molecule has 0 fully saturated rings. The molecule has 1 N–H and O–H groups in total. The van der Waals surface area contributed by atoms with Crippen molar-refractivity contribution in [1.29, 1.82) is 5.26 Å². The summed E-state index contributed by atoms with van der Waals surface area (Å²) in [6, 6.07) is 6.16. The summed E-state index contributed by atoms with van der Waals surface area (Å²) in [4.78, 5) is 23.9. The zero-order chi connectivity index (χ0) is 15.1. The van der Waals surface area contributed by atoms with E-state index in [0.717, 1.165) is 0 Å². The smallest absolute Gasteiger partial charge is 0.309 e. The molecule has 106 valence electrons. The van der Waals surface area contributed by atoms with Crippen LogP contribution in [0.3, 0.4) is 0 Å². The Bertz CT molecular complexity index is 547. The van der Waals surface area contributed by atoms with Gasteiger partial charge in [-0.05, 0) is 26.0 Å². The molecule has 1 aromatic carbocycles. The molecule has 0 heterocycles. The maximum atomic E-state index is 11.8. The van der Waals surface area contributed by atoms with E-state index >= 15 is 0 Å². The van der Waals surface area contributed by atoms with Crippen molar-refractivity contribution in [3.8, 4) is 6.07 Å². The molecule has 0 radical (unpaired) electrons. The molecular formula is C13H16N4O3. The molecule has 1 amide bonds. The molecule has 0 aromatic heterocycles. The number of nitrogens with one attached hydrogen (secondary N) is 1. The molecule has 0 saturated heterocycles. The molecule has 0 aliphatic rings. The molecule has 0 spiro atoms. The van der Waals surface area contributed by atoms with E-state index in [2.05, 4.69) is 5.32 Å². The van der Waals surface area contributed by atoms with Crippen molar-refractivity contribution in [2.45, 2.75) is 13.8 Å². The number of benzene rings is 1. The zero-order valence-corrected chi connectivity index (χ0v) is 11.4. The second kappa shape index (κ2) is 7.09. The Morgan fingerprint density at radius 1 is 1.45 bits per heavy atom. The van der Waals surface area contributed by atoms with Crippen LogP contribution in [-0.4, -0.2) is 35.4 Å². The van der Waals surface area contributed by atoms with E-state index in [1.807, 2.05) is 13.8 Å². The summed E-state index contributed by atoms with van der Waals surface area (Å²) in [5, 5.41) is 22.6. The van der Waals surface area contributed by atoms with E-state index in [0.29, 0.717) is 13.1 Å². The lowest BCUT2D eigenvalue weighted by Crippen LogP contribution is -2.35. The molecule has 0 atom stereocenters. The van der Waals surface area contributed by atoms with Gasteiger partial charge < -0.3 is 10.2 Å². The van der Waals surface area contributed by atoms with Gasteiger partial charge >= 0.3 is 5.69 Å². The molecule has 0 unspecified atom stereocenters. The van der Waals surface area contributed by atoms with Crippen molar-refractivity contribution >= 4 is 17.3 Å². The van der Waals surface area contributed by atoms with E-state index in [1.54, 1.807) is 11.0 Å². The number of carbonyl (C=O) groups is 1. The first-order chi connectivity index (χ1) is 9.54. The molecule has 7 nitrogen and oxygen atoms in total. The fourth-order valence-electron chi connectivity index (χ4n) is 1.83. The van der Waals surface area contributed by atoms with Crippen molar-refractivity contribution < 1.29 is 9.72 Å². The van der Waals surface area contributed by atoms with Crippen LogP contribution < -0.4 is 5.32 Å². The number of nitriles is 1. The van der Waals surface area contributed by atoms with Gasteiger partial charge in [0.25, 0.3) is 0 Å². The number of nitro groups is 1. The van der Waals surface area contributed by atoms with Crippen LogP contribution in [0.1, 0.15) is 19.4 Å². The van der Waals surface area contributed by atoms with Crippen LogP contribution in [0, 0.1) is 21.4 Å². The highest BCUT2D eigenvalue weighted by atomic mass is 16.6. The Balaban J connectivity index is 2.91. The summed E-state index contributed by atoms with van der Waals surface area (Å²) < 4.78 is 0. The van der Waals surface area contributed by atoms with Gasteiger partial charge in [0, 0.05) is 13.1 Å². The molecule has 1 aromatic rings. The first-order valence-corrected chi connectivity index (χ1v) is 6.24. The monoisotopic (exact) mass is 276 g/mol. The van der Waals surface area contributed by atoms with Crippen LogP contribution in [0.4, 0.5) is 11.4 Å². The minimum Gasteiger partial charge on any atom is -0.371 e. The van der Waals surface area contributed by atoms with Crippen molar-refractivity contribution in [3.63, 3.8) is 0 Å². The fourth-order valence-corrected chi connectivity index (χ4v) is 1.83. The van der Waals surface area contributed by atoms with E-state index in [9.17, 15) is 14.9 Å². The fraction of sp³-hybridized carbons (Fsp3) is 0.385. The number of rotatable bonds is 6. The number of para-hydroxylation sites is 1. The molecule has 0 aliphatic heterocycles. The number of nitrogens with zero attached hydrogens (tertiary/aromatic N) is 3. The van der Waals surface area contributed by atoms with Gasteiger partial charge in [-0.1, -0.05) is 6.07 Å². The average molecular weight is 276 g/mol. The van der Waals surface area contributed by atoms with Crippen LogP contribution in [0.25, 0.3) is 0 Å². The highest BCUT2D eigenvalue weighted by molar-refractivity contribution is 5.82. The zero-order valence-electron chi connectivity index (χ0n) is 11.4. The van der Waals surface area contributed by atoms with Gasteiger partial charge in [0.05, 0.1) is 11.5 Å². The molecule has 1 rings (SSSR count). The van der Waals surface area contributed by atoms with Crippen LogP contribution >= 0.6 is 0 Å². The third kappa shape index (κ3) is 3.45. The summed E-state index contributed by atoms with van der Waals surface area (Å²) in [5.74, 6) is -0.147. The van der Waals surface area contributed by atoms with Crippen molar-refractivity contribution in [3.05, 3.63) is 33.9 Å². The highest BCUT2D eigenvalue weighted by Crippen LogP contribution is 2.27. The topological polar surface area (TPSA) is 99.3 Å². The highest BCUT2D eigenvalue weighted by Gasteiger charge is 2.20.